The fraction of sp³-hybridized carbons (Fsp3) is 0.830. The highest BCUT2D eigenvalue weighted by Gasteiger charge is 2.17. The van der Waals surface area contributed by atoms with Crippen molar-refractivity contribution in [1.29, 1.82) is 0 Å². The van der Waals surface area contributed by atoms with Gasteiger partial charge in [0.25, 0.3) is 0 Å². The summed E-state index contributed by atoms with van der Waals surface area (Å²) in [5.74, 6) is -0.414. The number of unbranched alkanes of at least 4 members (excludes halogenated alkanes) is 24. The first-order chi connectivity index (χ1) is 25.6. The minimum Gasteiger partial charge on any atom is -0.462 e. The van der Waals surface area contributed by atoms with Crippen molar-refractivity contribution in [1.82, 2.24) is 0 Å². The Morgan fingerprint density at radius 2 is 0.846 bits per heavy atom. The van der Waals surface area contributed by atoms with Gasteiger partial charge in [0, 0.05) is 19.4 Å². The second-order valence-electron chi connectivity index (χ2n) is 15.0. The van der Waals surface area contributed by atoms with Crippen LogP contribution in [0.3, 0.4) is 0 Å². The molecule has 0 saturated carbocycles. The molecule has 304 valence electrons. The predicted molar refractivity (Wildman–Crippen MR) is 224 cm³/mol. The average Bonchev–Trinajstić information content (AvgIpc) is 3.14. The zero-order valence-electron chi connectivity index (χ0n) is 34.8. The molecule has 0 fully saturated rings. The van der Waals surface area contributed by atoms with E-state index in [-0.39, 0.29) is 25.2 Å². The van der Waals surface area contributed by atoms with Crippen molar-refractivity contribution in [2.45, 2.75) is 232 Å². The van der Waals surface area contributed by atoms with Crippen LogP contribution in [0.25, 0.3) is 0 Å². The van der Waals surface area contributed by atoms with Gasteiger partial charge in [-0.2, -0.15) is 0 Å². The zero-order chi connectivity index (χ0) is 37.8. The SMILES string of the molecule is CCC/C=C\C/C=C\CCCCCCCC(=O)OCC(COCCCCCCCC/C=C\CCCCCC)OC(=O)CCCCCCCCCCC. The Hall–Kier alpha value is -1.88. The fourth-order valence-electron chi connectivity index (χ4n) is 6.25. The van der Waals surface area contributed by atoms with Crippen LogP contribution in [0.5, 0.6) is 0 Å². The monoisotopic (exact) mass is 731 g/mol. The minimum atomic E-state index is -0.537. The van der Waals surface area contributed by atoms with E-state index < -0.39 is 6.10 Å². The molecule has 52 heavy (non-hydrogen) atoms. The van der Waals surface area contributed by atoms with Crippen LogP contribution < -0.4 is 0 Å². The summed E-state index contributed by atoms with van der Waals surface area (Å²) < 4.78 is 17.3. The number of rotatable bonds is 41. The highest BCUT2D eigenvalue weighted by atomic mass is 16.6. The molecule has 0 aromatic carbocycles. The van der Waals surface area contributed by atoms with E-state index in [9.17, 15) is 9.59 Å². The molecule has 5 nitrogen and oxygen atoms in total. The molecule has 0 heterocycles. The molecule has 0 aliphatic carbocycles. The van der Waals surface area contributed by atoms with E-state index in [1.807, 2.05) is 0 Å². The third-order valence-electron chi connectivity index (χ3n) is 9.63. The van der Waals surface area contributed by atoms with Crippen LogP contribution in [0, 0.1) is 0 Å². The van der Waals surface area contributed by atoms with Gasteiger partial charge in [0.2, 0.25) is 0 Å². The molecule has 0 rings (SSSR count). The number of hydrogen-bond donors (Lipinski definition) is 0. The number of hydrogen-bond acceptors (Lipinski definition) is 5. The van der Waals surface area contributed by atoms with E-state index in [0.717, 1.165) is 57.8 Å². The molecule has 0 aliphatic rings. The maximum atomic E-state index is 12.7. The smallest absolute Gasteiger partial charge is 0.306 e. The van der Waals surface area contributed by atoms with Crippen molar-refractivity contribution >= 4 is 11.9 Å². The summed E-state index contributed by atoms with van der Waals surface area (Å²) in [6.45, 7) is 7.72. The van der Waals surface area contributed by atoms with Gasteiger partial charge in [-0.05, 0) is 70.6 Å². The van der Waals surface area contributed by atoms with Gasteiger partial charge in [0.1, 0.15) is 6.61 Å². The lowest BCUT2D eigenvalue weighted by molar-refractivity contribution is -0.163. The number of esters is 2. The van der Waals surface area contributed by atoms with Crippen molar-refractivity contribution in [3.05, 3.63) is 36.5 Å². The summed E-state index contributed by atoms with van der Waals surface area (Å²) in [4.78, 5) is 25.1. The van der Waals surface area contributed by atoms with Crippen molar-refractivity contribution < 1.29 is 23.8 Å². The van der Waals surface area contributed by atoms with Gasteiger partial charge >= 0.3 is 11.9 Å². The van der Waals surface area contributed by atoms with Gasteiger partial charge in [-0.25, -0.2) is 0 Å². The standard InChI is InChI=1S/C47H86O5/c1-4-7-10-13-16-19-21-23-25-27-30-33-36-39-42-50-43-45(52-47(49)41-38-35-32-28-18-15-12-9-6-3)44-51-46(48)40-37-34-31-29-26-24-22-20-17-14-11-8-5-2/h11,14,19-22,45H,4-10,12-13,15-18,23-44H2,1-3H3/b14-11-,21-19-,22-20-. The summed E-state index contributed by atoms with van der Waals surface area (Å²) in [6, 6.07) is 0. The van der Waals surface area contributed by atoms with Crippen LogP contribution in [0.2, 0.25) is 0 Å². The Bertz CT molecular complexity index is 832. The molecule has 0 spiro atoms. The first-order valence-electron chi connectivity index (χ1n) is 22.5. The maximum absolute atomic E-state index is 12.7. The maximum Gasteiger partial charge on any atom is 0.306 e. The molecule has 0 radical (unpaired) electrons. The van der Waals surface area contributed by atoms with E-state index >= 15 is 0 Å². The summed E-state index contributed by atoms with van der Waals surface area (Å²) in [6.07, 6.45) is 49.9. The van der Waals surface area contributed by atoms with Crippen molar-refractivity contribution in [2.75, 3.05) is 19.8 Å². The minimum absolute atomic E-state index is 0.0789. The summed E-state index contributed by atoms with van der Waals surface area (Å²) in [5.41, 5.74) is 0. The van der Waals surface area contributed by atoms with E-state index in [0.29, 0.717) is 19.4 Å². The van der Waals surface area contributed by atoms with E-state index in [4.69, 9.17) is 14.2 Å². The molecule has 1 unspecified atom stereocenters. The highest BCUT2D eigenvalue weighted by Crippen LogP contribution is 2.13. The summed E-state index contributed by atoms with van der Waals surface area (Å²) >= 11 is 0. The normalized spacial score (nSPS) is 12.4. The van der Waals surface area contributed by atoms with Gasteiger partial charge in [-0.3, -0.25) is 9.59 Å². The molecule has 1 atom stereocenters. The molecule has 0 aliphatic heterocycles. The highest BCUT2D eigenvalue weighted by molar-refractivity contribution is 5.70. The lowest BCUT2D eigenvalue weighted by atomic mass is 10.1. The first kappa shape index (κ1) is 50.1. The van der Waals surface area contributed by atoms with Gasteiger partial charge in [0.15, 0.2) is 6.10 Å². The van der Waals surface area contributed by atoms with Crippen LogP contribution in [0.1, 0.15) is 226 Å². The molecule has 0 aromatic rings. The Balaban J connectivity index is 4.23. The fourth-order valence-corrected chi connectivity index (χ4v) is 6.25. The lowest BCUT2D eigenvalue weighted by Crippen LogP contribution is -2.30. The Labute approximate surface area is 323 Å². The van der Waals surface area contributed by atoms with Crippen molar-refractivity contribution in [2.24, 2.45) is 0 Å². The van der Waals surface area contributed by atoms with E-state index in [1.165, 1.54) is 135 Å². The lowest BCUT2D eigenvalue weighted by Gasteiger charge is -2.18. The molecular formula is C47H86O5. The molecule has 0 bridgehead atoms. The second-order valence-corrected chi connectivity index (χ2v) is 15.0. The molecule has 0 saturated heterocycles. The van der Waals surface area contributed by atoms with E-state index in [1.54, 1.807) is 0 Å². The molecular weight excluding hydrogens is 645 g/mol. The second kappa shape index (κ2) is 43.5. The van der Waals surface area contributed by atoms with Crippen molar-refractivity contribution in [3.63, 3.8) is 0 Å². The summed E-state index contributed by atoms with van der Waals surface area (Å²) in [7, 11) is 0. The Morgan fingerprint density at radius 3 is 1.38 bits per heavy atom. The van der Waals surface area contributed by atoms with Gasteiger partial charge < -0.3 is 14.2 Å². The van der Waals surface area contributed by atoms with Gasteiger partial charge in [-0.1, -0.05) is 179 Å². The number of carbonyl (C=O) groups excluding carboxylic acids is 2. The topological polar surface area (TPSA) is 61.8 Å². The van der Waals surface area contributed by atoms with Gasteiger partial charge in [0.05, 0.1) is 6.61 Å². The number of carbonyl (C=O) groups is 2. The van der Waals surface area contributed by atoms with E-state index in [2.05, 4.69) is 57.2 Å². The van der Waals surface area contributed by atoms with Crippen LogP contribution in [-0.2, 0) is 23.8 Å². The zero-order valence-corrected chi connectivity index (χ0v) is 34.8. The Morgan fingerprint density at radius 1 is 0.423 bits per heavy atom. The van der Waals surface area contributed by atoms with Crippen LogP contribution in [-0.4, -0.2) is 37.9 Å². The quantitative estimate of drug-likeness (QED) is 0.0356. The third kappa shape index (κ3) is 40.9. The number of allylic oxidation sites excluding steroid dienone is 6. The van der Waals surface area contributed by atoms with Crippen LogP contribution in [0.15, 0.2) is 36.5 Å². The van der Waals surface area contributed by atoms with Crippen LogP contribution in [0.4, 0.5) is 0 Å². The average molecular weight is 731 g/mol. The van der Waals surface area contributed by atoms with Crippen LogP contribution >= 0.6 is 0 Å². The molecule has 0 N–H and O–H groups in total. The van der Waals surface area contributed by atoms with Gasteiger partial charge in [-0.15, -0.1) is 0 Å². The summed E-state index contributed by atoms with van der Waals surface area (Å²) in [5, 5.41) is 0. The van der Waals surface area contributed by atoms with Crippen molar-refractivity contribution in [3.8, 4) is 0 Å². The first-order valence-corrected chi connectivity index (χ1v) is 22.5. The molecule has 0 amide bonds. The molecule has 5 heteroatoms. The number of ether oxygens (including phenoxy) is 3. The predicted octanol–water partition coefficient (Wildman–Crippen LogP) is 14.7. The third-order valence-corrected chi connectivity index (χ3v) is 9.63. The Kier molecular flexibility index (Phi) is 42.0. The largest absolute Gasteiger partial charge is 0.462 e. The molecule has 0 aromatic heterocycles.